The molecular weight excluding hydrogens is 283 g/mol. The van der Waals surface area contributed by atoms with Crippen molar-refractivity contribution in [3.63, 3.8) is 0 Å². The lowest BCUT2D eigenvalue weighted by atomic mass is 9.99. The van der Waals surface area contributed by atoms with Crippen molar-refractivity contribution in [3.8, 4) is 0 Å². The van der Waals surface area contributed by atoms with E-state index in [1.165, 1.54) is 6.07 Å². The summed E-state index contributed by atoms with van der Waals surface area (Å²) in [6.45, 7) is 5.54. The average Bonchev–Trinajstić information content (AvgIpc) is 2.95. The van der Waals surface area contributed by atoms with E-state index in [1.54, 1.807) is 6.07 Å². The predicted octanol–water partition coefficient (Wildman–Crippen LogP) is 2.68. The van der Waals surface area contributed by atoms with Crippen LogP contribution in [0.5, 0.6) is 0 Å². The maximum atomic E-state index is 14.1. The number of pyridine rings is 1. The average molecular weight is 302 g/mol. The van der Waals surface area contributed by atoms with Crippen molar-refractivity contribution in [1.29, 1.82) is 0 Å². The highest BCUT2D eigenvalue weighted by atomic mass is 19.1. The van der Waals surface area contributed by atoms with Gasteiger partial charge >= 0.3 is 0 Å². The Kier molecular flexibility index (Phi) is 3.27. The minimum Gasteiger partial charge on any atom is -0.378 e. The summed E-state index contributed by atoms with van der Waals surface area (Å²) in [7, 11) is 0. The van der Waals surface area contributed by atoms with Gasteiger partial charge in [-0.2, -0.15) is 0 Å². The van der Waals surface area contributed by atoms with Gasteiger partial charge in [-0.25, -0.2) is 9.37 Å². The number of halogens is 1. The van der Waals surface area contributed by atoms with E-state index in [0.717, 1.165) is 42.9 Å². The maximum absolute atomic E-state index is 14.1. The van der Waals surface area contributed by atoms with Crippen LogP contribution < -0.4 is 4.90 Å². The van der Waals surface area contributed by atoms with Crippen molar-refractivity contribution in [2.75, 3.05) is 37.8 Å². The highest BCUT2D eigenvalue weighted by Gasteiger charge is 2.40. The van der Waals surface area contributed by atoms with Crippen LogP contribution in [0.25, 0.3) is 10.9 Å². The number of benzene rings is 1. The normalized spacial score (nSPS) is 25.3. The fourth-order valence-electron chi connectivity index (χ4n) is 3.46. The van der Waals surface area contributed by atoms with Crippen LogP contribution in [0.15, 0.2) is 24.3 Å². The molecule has 2 aliphatic heterocycles. The van der Waals surface area contributed by atoms with Gasteiger partial charge in [0.1, 0.15) is 16.9 Å². The summed E-state index contributed by atoms with van der Waals surface area (Å²) >= 11 is 0. The fraction of sp³-hybridized carbons (Fsp3) is 0.471. The molecular formula is C17H19FN2O2. The summed E-state index contributed by atoms with van der Waals surface area (Å²) in [5, 5.41) is 0.863. The van der Waals surface area contributed by atoms with Gasteiger partial charge in [0.25, 0.3) is 0 Å². The number of para-hydroxylation sites is 1. The molecule has 0 saturated carbocycles. The van der Waals surface area contributed by atoms with E-state index in [1.807, 2.05) is 19.1 Å². The number of aromatic nitrogens is 1. The second-order valence-corrected chi connectivity index (χ2v) is 6.17. The first kappa shape index (κ1) is 13.9. The lowest BCUT2D eigenvalue weighted by Gasteiger charge is -2.41. The molecule has 2 saturated heterocycles. The van der Waals surface area contributed by atoms with Crippen molar-refractivity contribution < 1.29 is 13.9 Å². The topological polar surface area (TPSA) is 34.6 Å². The second kappa shape index (κ2) is 5.18. The molecule has 3 heterocycles. The zero-order valence-corrected chi connectivity index (χ0v) is 12.6. The molecule has 0 N–H and O–H groups in total. The molecule has 0 bridgehead atoms. The number of hydrogen-bond donors (Lipinski definition) is 0. The molecule has 116 valence electrons. The minimum absolute atomic E-state index is 0.213. The molecule has 4 nitrogen and oxygen atoms in total. The SMILES string of the molecule is Cc1cc(N2CCOC3(CCOC3)C2)c2cccc(F)c2n1. The number of rotatable bonds is 1. The molecule has 5 heteroatoms. The van der Waals surface area contributed by atoms with E-state index < -0.39 is 0 Å². The van der Waals surface area contributed by atoms with E-state index in [4.69, 9.17) is 9.47 Å². The van der Waals surface area contributed by atoms with Crippen LogP contribution >= 0.6 is 0 Å². The number of ether oxygens (including phenoxy) is 2. The fourth-order valence-corrected chi connectivity index (χ4v) is 3.46. The molecule has 0 amide bonds. The first-order valence-corrected chi connectivity index (χ1v) is 7.69. The van der Waals surface area contributed by atoms with Gasteiger partial charge in [0.05, 0.1) is 13.2 Å². The smallest absolute Gasteiger partial charge is 0.149 e. The highest BCUT2D eigenvalue weighted by molar-refractivity contribution is 5.92. The van der Waals surface area contributed by atoms with Gasteiger partial charge in [-0.1, -0.05) is 12.1 Å². The number of hydrogen-bond acceptors (Lipinski definition) is 4. The minimum atomic E-state index is -0.269. The van der Waals surface area contributed by atoms with Gasteiger partial charge in [-0.3, -0.25) is 0 Å². The van der Waals surface area contributed by atoms with Gasteiger partial charge in [-0.15, -0.1) is 0 Å². The van der Waals surface area contributed by atoms with Crippen molar-refractivity contribution in [3.05, 3.63) is 35.8 Å². The standard InChI is InChI=1S/C17H19FN2O2/c1-12-9-15(13-3-2-4-14(18)16(13)19-12)20-6-8-22-17(10-20)5-7-21-11-17/h2-4,9H,5-8,10-11H2,1H3. The highest BCUT2D eigenvalue weighted by Crippen LogP contribution is 2.34. The Hall–Kier alpha value is -1.72. The molecule has 1 spiro atoms. The molecule has 1 atom stereocenters. The molecule has 0 radical (unpaired) electrons. The lowest BCUT2D eigenvalue weighted by molar-refractivity contribution is -0.0578. The van der Waals surface area contributed by atoms with Gasteiger partial charge < -0.3 is 14.4 Å². The Labute approximate surface area is 128 Å². The molecule has 22 heavy (non-hydrogen) atoms. The summed E-state index contributed by atoms with van der Waals surface area (Å²) in [5.74, 6) is -0.269. The van der Waals surface area contributed by atoms with Crippen molar-refractivity contribution in [2.45, 2.75) is 18.9 Å². The molecule has 0 aliphatic carbocycles. The summed E-state index contributed by atoms with van der Waals surface area (Å²) in [6, 6.07) is 7.18. The van der Waals surface area contributed by atoms with Crippen LogP contribution in [0.1, 0.15) is 12.1 Å². The van der Waals surface area contributed by atoms with Crippen LogP contribution in [0.4, 0.5) is 10.1 Å². The van der Waals surface area contributed by atoms with Crippen LogP contribution in [-0.4, -0.2) is 43.5 Å². The summed E-state index contributed by atoms with van der Waals surface area (Å²) in [6.07, 6.45) is 0.917. The quantitative estimate of drug-likeness (QED) is 0.811. The number of nitrogens with zero attached hydrogens (tertiary/aromatic N) is 2. The zero-order valence-electron chi connectivity index (χ0n) is 12.6. The first-order chi connectivity index (χ1) is 10.7. The molecule has 2 aliphatic rings. The second-order valence-electron chi connectivity index (χ2n) is 6.17. The van der Waals surface area contributed by atoms with Gasteiger partial charge in [0, 0.05) is 42.9 Å². The van der Waals surface area contributed by atoms with Crippen molar-refractivity contribution in [2.24, 2.45) is 0 Å². The van der Waals surface area contributed by atoms with E-state index in [-0.39, 0.29) is 11.4 Å². The third-order valence-electron chi connectivity index (χ3n) is 4.55. The molecule has 2 fully saturated rings. The number of anilines is 1. The largest absolute Gasteiger partial charge is 0.378 e. The summed E-state index contributed by atoms with van der Waals surface area (Å²) < 4.78 is 25.6. The van der Waals surface area contributed by atoms with Crippen LogP contribution in [0.2, 0.25) is 0 Å². The molecule has 1 aromatic heterocycles. The van der Waals surface area contributed by atoms with Crippen molar-refractivity contribution in [1.82, 2.24) is 4.98 Å². The third-order valence-corrected chi connectivity index (χ3v) is 4.55. The molecule has 4 rings (SSSR count). The Morgan fingerprint density at radius 1 is 1.32 bits per heavy atom. The van der Waals surface area contributed by atoms with Crippen LogP contribution in [0, 0.1) is 12.7 Å². The molecule has 2 aromatic rings. The number of morpholine rings is 1. The van der Waals surface area contributed by atoms with Crippen LogP contribution in [-0.2, 0) is 9.47 Å². The van der Waals surface area contributed by atoms with Gasteiger partial charge in [0.2, 0.25) is 0 Å². The summed E-state index contributed by atoms with van der Waals surface area (Å²) in [5.41, 5.74) is 2.10. The van der Waals surface area contributed by atoms with Gasteiger partial charge in [-0.05, 0) is 19.1 Å². The van der Waals surface area contributed by atoms with E-state index in [2.05, 4.69) is 9.88 Å². The Bertz CT molecular complexity index is 713. The summed E-state index contributed by atoms with van der Waals surface area (Å²) in [4.78, 5) is 6.65. The first-order valence-electron chi connectivity index (χ1n) is 7.69. The number of aryl methyl sites for hydroxylation is 1. The molecule has 1 aromatic carbocycles. The molecule has 1 unspecified atom stereocenters. The Morgan fingerprint density at radius 3 is 3.05 bits per heavy atom. The Morgan fingerprint density at radius 2 is 2.23 bits per heavy atom. The van der Waals surface area contributed by atoms with Crippen molar-refractivity contribution >= 4 is 16.6 Å². The Balaban J connectivity index is 1.78. The lowest BCUT2D eigenvalue weighted by Crippen LogP contribution is -2.52. The van der Waals surface area contributed by atoms with E-state index in [0.29, 0.717) is 18.7 Å². The van der Waals surface area contributed by atoms with E-state index in [9.17, 15) is 4.39 Å². The van der Waals surface area contributed by atoms with E-state index >= 15 is 0 Å². The monoisotopic (exact) mass is 302 g/mol. The third kappa shape index (κ3) is 2.25. The number of fused-ring (bicyclic) bond motifs is 1. The maximum Gasteiger partial charge on any atom is 0.149 e. The van der Waals surface area contributed by atoms with Gasteiger partial charge in [0.15, 0.2) is 0 Å². The predicted molar refractivity (Wildman–Crippen MR) is 82.8 cm³/mol. The zero-order chi connectivity index (χ0) is 15.2. The van der Waals surface area contributed by atoms with Crippen LogP contribution in [0.3, 0.4) is 0 Å².